The van der Waals surface area contributed by atoms with E-state index in [-0.39, 0.29) is 11.3 Å². The minimum atomic E-state index is -5.07. The van der Waals surface area contributed by atoms with Crippen molar-refractivity contribution >= 4 is 17.7 Å². The monoisotopic (exact) mass is 434 g/mol. The second-order valence-corrected chi connectivity index (χ2v) is 6.71. The summed E-state index contributed by atoms with van der Waals surface area (Å²) < 4.78 is 62.1. The molecular formula is C20H14F4N4O3. The van der Waals surface area contributed by atoms with Gasteiger partial charge in [-0.1, -0.05) is 0 Å². The molecule has 1 aromatic heterocycles. The van der Waals surface area contributed by atoms with Crippen LogP contribution in [0.4, 0.5) is 28.0 Å². The molecule has 0 radical (unpaired) electrons. The van der Waals surface area contributed by atoms with Gasteiger partial charge in [0.25, 0.3) is 11.5 Å². The van der Waals surface area contributed by atoms with Crippen LogP contribution in [-0.4, -0.2) is 34.5 Å². The molecule has 3 aromatic rings. The lowest BCUT2D eigenvalue weighted by molar-refractivity contribution is -0.261. The molecule has 4 rings (SSSR count). The SMILES string of the molecule is O=C1Nc2ccc(-n3cccn3)cc2[C@](CNC(=O)c2ccc(F)cc2)(C(F)(F)F)O1. The molecule has 1 aliphatic rings. The topological polar surface area (TPSA) is 85.3 Å². The van der Waals surface area contributed by atoms with Crippen molar-refractivity contribution in [2.24, 2.45) is 0 Å². The maximum absolute atomic E-state index is 14.3. The predicted octanol–water partition coefficient (Wildman–Crippen LogP) is 3.76. The summed E-state index contributed by atoms with van der Waals surface area (Å²) in [5, 5.41) is 8.37. The minimum Gasteiger partial charge on any atom is -0.426 e. The maximum atomic E-state index is 14.3. The zero-order valence-corrected chi connectivity index (χ0v) is 15.6. The van der Waals surface area contributed by atoms with Crippen LogP contribution in [0.5, 0.6) is 0 Å². The molecule has 2 N–H and O–H groups in total. The van der Waals surface area contributed by atoms with Crippen LogP contribution < -0.4 is 10.6 Å². The van der Waals surface area contributed by atoms with Gasteiger partial charge in [0.15, 0.2) is 0 Å². The Morgan fingerprint density at radius 3 is 2.58 bits per heavy atom. The molecule has 0 saturated carbocycles. The Labute approximate surface area is 172 Å². The van der Waals surface area contributed by atoms with Crippen LogP contribution in [0, 0.1) is 5.82 Å². The largest absolute Gasteiger partial charge is 0.434 e. The van der Waals surface area contributed by atoms with E-state index in [9.17, 15) is 27.2 Å². The van der Waals surface area contributed by atoms with Crippen molar-refractivity contribution in [3.8, 4) is 5.69 Å². The van der Waals surface area contributed by atoms with Gasteiger partial charge < -0.3 is 10.1 Å². The zero-order valence-electron chi connectivity index (χ0n) is 15.6. The molecule has 0 saturated heterocycles. The first-order chi connectivity index (χ1) is 14.7. The molecule has 31 heavy (non-hydrogen) atoms. The molecule has 0 bridgehead atoms. The number of hydrogen-bond acceptors (Lipinski definition) is 4. The summed E-state index contributed by atoms with van der Waals surface area (Å²) in [5.74, 6) is -1.49. The van der Waals surface area contributed by atoms with Crippen molar-refractivity contribution < 1.29 is 31.9 Å². The molecular weight excluding hydrogens is 420 g/mol. The van der Waals surface area contributed by atoms with Crippen LogP contribution in [0.25, 0.3) is 5.69 Å². The van der Waals surface area contributed by atoms with Crippen molar-refractivity contribution in [2.75, 3.05) is 11.9 Å². The average Bonchev–Trinajstić information content (AvgIpc) is 3.26. The third-order valence-corrected chi connectivity index (χ3v) is 4.77. The number of alkyl halides is 3. The predicted molar refractivity (Wildman–Crippen MR) is 100 cm³/mol. The van der Waals surface area contributed by atoms with Crippen LogP contribution in [0.1, 0.15) is 15.9 Å². The van der Waals surface area contributed by atoms with E-state index in [1.165, 1.54) is 35.3 Å². The van der Waals surface area contributed by atoms with E-state index in [1.807, 2.05) is 0 Å². The van der Waals surface area contributed by atoms with Gasteiger partial charge in [0.2, 0.25) is 0 Å². The average molecular weight is 434 g/mol. The molecule has 2 amide bonds. The molecule has 0 aliphatic carbocycles. The Hall–Kier alpha value is -3.89. The molecule has 7 nitrogen and oxygen atoms in total. The number of cyclic esters (lactones) is 1. The fourth-order valence-electron chi connectivity index (χ4n) is 3.24. The first-order valence-corrected chi connectivity index (χ1v) is 8.95. The standard InChI is InChI=1S/C20H14F4N4O3/c21-13-4-2-12(3-5-13)17(29)25-11-19(20(22,23)24)15-10-14(28-9-1-8-26-28)6-7-16(15)27-18(30)31-19/h1-10H,11H2,(H,25,29)(H,27,30)/t19-/m1/s1. The molecule has 2 heterocycles. The lowest BCUT2D eigenvalue weighted by Crippen LogP contribution is -2.56. The Morgan fingerprint density at radius 2 is 1.94 bits per heavy atom. The van der Waals surface area contributed by atoms with Gasteiger partial charge in [-0.15, -0.1) is 0 Å². The number of anilines is 1. The number of hydrogen-bond donors (Lipinski definition) is 2. The summed E-state index contributed by atoms with van der Waals surface area (Å²) in [4.78, 5) is 24.3. The molecule has 160 valence electrons. The van der Waals surface area contributed by atoms with Gasteiger partial charge in [0.05, 0.1) is 17.9 Å². The lowest BCUT2D eigenvalue weighted by Gasteiger charge is -2.39. The normalized spacial score (nSPS) is 18.0. The first-order valence-electron chi connectivity index (χ1n) is 8.95. The molecule has 0 unspecified atom stereocenters. The van der Waals surface area contributed by atoms with Crippen LogP contribution in [0.2, 0.25) is 0 Å². The van der Waals surface area contributed by atoms with E-state index in [0.29, 0.717) is 5.69 Å². The van der Waals surface area contributed by atoms with Crippen LogP contribution in [-0.2, 0) is 10.3 Å². The zero-order chi connectivity index (χ0) is 22.2. The van der Waals surface area contributed by atoms with Crippen LogP contribution >= 0.6 is 0 Å². The third kappa shape index (κ3) is 3.69. The van der Waals surface area contributed by atoms with E-state index >= 15 is 0 Å². The van der Waals surface area contributed by atoms with E-state index in [4.69, 9.17) is 4.74 Å². The second-order valence-electron chi connectivity index (χ2n) is 6.71. The first kappa shape index (κ1) is 20.4. The van der Waals surface area contributed by atoms with Crippen molar-refractivity contribution in [1.82, 2.24) is 15.1 Å². The summed E-state index contributed by atoms with van der Waals surface area (Å²) in [7, 11) is 0. The second kappa shape index (κ2) is 7.42. The number of halogens is 4. The number of ether oxygens (including phenoxy) is 1. The number of carbonyl (C=O) groups excluding carboxylic acids is 2. The Morgan fingerprint density at radius 1 is 1.19 bits per heavy atom. The highest BCUT2D eigenvalue weighted by atomic mass is 19.4. The van der Waals surface area contributed by atoms with Crippen molar-refractivity contribution in [2.45, 2.75) is 11.8 Å². The van der Waals surface area contributed by atoms with Crippen molar-refractivity contribution in [3.63, 3.8) is 0 Å². The number of rotatable bonds is 4. The highest BCUT2D eigenvalue weighted by Crippen LogP contribution is 2.47. The summed E-state index contributed by atoms with van der Waals surface area (Å²) in [6.07, 6.45) is -3.39. The molecule has 0 fully saturated rings. The Kier molecular flexibility index (Phi) is 4.88. The van der Waals surface area contributed by atoms with E-state index in [0.717, 1.165) is 24.3 Å². The van der Waals surface area contributed by atoms with E-state index in [2.05, 4.69) is 15.7 Å². The summed E-state index contributed by atoms with van der Waals surface area (Å²) in [6, 6.07) is 9.82. The van der Waals surface area contributed by atoms with Crippen molar-refractivity contribution in [3.05, 3.63) is 77.9 Å². The van der Waals surface area contributed by atoms with Crippen molar-refractivity contribution in [1.29, 1.82) is 0 Å². The van der Waals surface area contributed by atoms with E-state index < -0.39 is 41.7 Å². The number of aromatic nitrogens is 2. The summed E-state index contributed by atoms with van der Waals surface area (Å²) in [6.45, 7) is -1.09. The lowest BCUT2D eigenvalue weighted by atomic mass is 9.89. The highest BCUT2D eigenvalue weighted by molar-refractivity contribution is 5.94. The van der Waals surface area contributed by atoms with E-state index in [1.54, 1.807) is 6.07 Å². The fourth-order valence-corrected chi connectivity index (χ4v) is 3.24. The molecule has 0 spiro atoms. The van der Waals surface area contributed by atoms with Crippen LogP contribution in [0.15, 0.2) is 60.9 Å². The summed E-state index contributed by atoms with van der Waals surface area (Å²) in [5.41, 5.74) is -3.41. The number of nitrogens with one attached hydrogen (secondary N) is 2. The minimum absolute atomic E-state index is 0.0514. The molecule has 2 aromatic carbocycles. The summed E-state index contributed by atoms with van der Waals surface area (Å²) >= 11 is 0. The Bertz CT molecular complexity index is 1130. The third-order valence-electron chi connectivity index (χ3n) is 4.77. The number of fused-ring (bicyclic) bond motifs is 1. The Balaban J connectivity index is 1.74. The smallest absolute Gasteiger partial charge is 0.426 e. The van der Waals surface area contributed by atoms with Gasteiger partial charge in [-0.2, -0.15) is 18.3 Å². The van der Waals surface area contributed by atoms with Gasteiger partial charge in [0.1, 0.15) is 5.82 Å². The molecule has 11 heteroatoms. The van der Waals surface area contributed by atoms with Gasteiger partial charge in [-0.25, -0.2) is 13.9 Å². The van der Waals surface area contributed by atoms with Gasteiger partial charge in [-0.3, -0.25) is 10.1 Å². The quantitative estimate of drug-likeness (QED) is 0.613. The van der Waals surface area contributed by atoms with Gasteiger partial charge >= 0.3 is 12.3 Å². The highest BCUT2D eigenvalue weighted by Gasteiger charge is 2.62. The van der Waals surface area contributed by atoms with Gasteiger partial charge in [0, 0.05) is 23.5 Å². The number of amides is 2. The molecule has 1 atom stereocenters. The van der Waals surface area contributed by atoms with Crippen LogP contribution in [0.3, 0.4) is 0 Å². The molecule has 1 aliphatic heterocycles. The number of nitrogens with zero attached hydrogens (tertiary/aromatic N) is 2. The maximum Gasteiger partial charge on any atom is 0.434 e. The van der Waals surface area contributed by atoms with Gasteiger partial charge in [-0.05, 0) is 48.5 Å². The number of carbonyl (C=O) groups is 2. The fraction of sp³-hybridized carbons (Fsp3) is 0.150. The number of benzene rings is 2.